The zero-order valence-electron chi connectivity index (χ0n) is 21.1. The largest absolute Gasteiger partial charge is 0.348 e. The molecular weight excluding hydrogens is 498 g/mol. The molecule has 0 radical (unpaired) electrons. The average molecular weight is 530 g/mol. The second kappa shape index (κ2) is 11.7. The van der Waals surface area contributed by atoms with E-state index in [4.69, 9.17) is 0 Å². The average Bonchev–Trinajstić information content (AvgIpc) is 3.46. The third-order valence-corrected chi connectivity index (χ3v) is 8.62. The standard InChI is InChI=1S/C29H31N5O3S/c35-29(31-20-24-9-11-25(12-10-24)21-33-14-13-30-23-33)27-6-4-5-26(19-27)22-32-15-17-34(18-16-32)38(36,37)28-7-2-1-3-8-28/h1-14,19,23H,15-18,20-22H2,(H,31,35). The summed E-state index contributed by atoms with van der Waals surface area (Å²) in [5.74, 6) is -0.117. The lowest BCUT2D eigenvalue weighted by atomic mass is 10.1. The Morgan fingerprint density at radius 2 is 1.55 bits per heavy atom. The highest BCUT2D eigenvalue weighted by molar-refractivity contribution is 7.89. The highest BCUT2D eigenvalue weighted by atomic mass is 32.2. The second-order valence-corrected chi connectivity index (χ2v) is 11.4. The Morgan fingerprint density at radius 1 is 0.816 bits per heavy atom. The molecule has 0 atom stereocenters. The Morgan fingerprint density at radius 3 is 2.26 bits per heavy atom. The maximum absolute atomic E-state index is 12.9. The van der Waals surface area contributed by atoms with Crippen molar-refractivity contribution in [3.05, 3.63) is 120 Å². The number of sulfonamides is 1. The van der Waals surface area contributed by atoms with E-state index in [0.717, 1.165) is 17.7 Å². The van der Waals surface area contributed by atoms with Crippen LogP contribution >= 0.6 is 0 Å². The molecule has 1 N–H and O–H groups in total. The van der Waals surface area contributed by atoms with Gasteiger partial charge in [0.15, 0.2) is 0 Å². The molecule has 1 aliphatic heterocycles. The van der Waals surface area contributed by atoms with Crippen molar-refractivity contribution in [2.75, 3.05) is 26.2 Å². The summed E-state index contributed by atoms with van der Waals surface area (Å²) in [5.41, 5.74) is 3.85. The van der Waals surface area contributed by atoms with Crippen LogP contribution in [0, 0.1) is 0 Å². The first-order valence-corrected chi connectivity index (χ1v) is 14.1. The maximum Gasteiger partial charge on any atom is 0.251 e. The normalized spacial score (nSPS) is 14.8. The number of aromatic nitrogens is 2. The summed E-state index contributed by atoms with van der Waals surface area (Å²) in [4.78, 5) is 19.4. The number of carbonyl (C=O) groups is 1. The van der Waals surface area contributed by atoms with Gasteiger partial charge >= 0.3 is 0 Å². The number of amides is 1. The highest BCUT2D eigenvalue weighted by Gasteiger charge is 2.28. The number of rotatable bonds is 9. The van der Waals surface area contributed by atoms with E-state index in [-0.39, 0.29) is 5.91 Å². The SMILES string of the molecule is O=C(NCc1ccc(Cn2ccnc2)cc1)c1cccc(CN2CCN(S(=O)(=O)c3ccccc3)CC2)c1. The fraction of sp³-hybridized carbons (Fsp3) is 0.241. The van der Waals surface area contributed by atoms with Gasteiger partial charge in [-0.15, -0.1) is 0 Å². The molecule has 9 heteroatoms. The molecule has 38 heavy (non-hydrogen) atoms. The molecule has 1 amide bonds. The van der Waals surface area contributed by atoms with Gasteiger partial charge in [-0.3, -0.25) is 9.69 Å². The van der Waals surface area contributed by atoms with E-state index in [0.29, 0.717) is 49.7 Å². The number of hydrogen-bond acceptors (Lipinski definition) is 5. The fourth-order valence-corrected chi connectivity index (χ4v) is 6.02. The lowest BCUT2D eigenvalue weighted by Crippen LogP contribution is -2.48. The van der Waals surface area contributed by atoms with Gasteiger partial charge in [-0.05, 0) is 41.0 Å². The number of imidazole rings is 1. The minimum absolute atomic E-state index is 0.117. The summed E-state index contributed by atoms with van der Waals surface area (Å²) in [7, 11) is -3.47. The number of nitrogens with one attached hydrogen (secondary N) is 1. The van der Waals surface area contributed by atoms with Crippen LogP contribution in [-0.2, 0) is 29.7 Å². The van der Waals surface area contributed by atoms with Crippen molar-refractivity contribution in [2.24, 2.45) is 0 Å². The van der Waals surface area contributed by atoms with Crippen molar-refractivity contribution >= 4 is 15.9 Å². The molecule has 1 saturated heterocycles. The highest BCUT2D eigenvalue weighted by Crippen LogP contribution is 2.18. The summed E-state index contributed by atoms with van der Waals surface area (Å²) in [6.07, 6.45) is 5.48. The third kappa shape index (κ3) is 6.36. The van der Waals surface area contributed by atoms with Crippen LogP contribution in [0.5, 0.6) is 0 Å². The first-order valence-electron chi connectivity index (χ1n) is 12.7. The Hall–Kier alpha value is -3.79. The Balaban J connectivity index is 1.12. The van der Waals surface area contributed by atoms with E-state index >= 15 is 0 Å². The summed E-state index contributed by atoms with van der Waals surface area (Å²) in [6.45, 7) is 4.04. The summed E-state index contributed by atoms with van der Waals surface area (Å²) in [6, 6.07) is 24.4. The van der Waals surface area contributed by atoms with Crippen molar-refractivity contribution in [1.82, 2.24) is 24.1 Å². The molecule has 196 valence electrons. The van der Waals surface area contributed by atoms with Crippen LogP contribution < -0.4 is 5.32 Å². The van der Waals surface area contributed by atoms with Crippen molar-refractivity contribution in [1.29, 1.82) is 0 Å². The molecule has 0 aliphatic carbocycles. The van der Waals surface area contributed by atoms with E-state index < -0.39 is 10.0 Å². The van der Waals surface area contributed by atoms with Gasteiger partial charge in [0.2, 0.25) is 10.0 Å². The Labute approximate surface area is 223 Å². The van der Waals surface area contributed by atoms with Gasteiger partial charge < -0.3 is 9.88 Å². The number of carbonyl (C=O) groups excluding carboxylic acids is 1. The fourth-order valence-electron chi connectivity index (χ4n) is 4.58. The minimum Gasteiger partial charge on any atom is -0.348 e. The van der Waals surface area contributed by atoms with Crippen molar-refractivity contribution in [2.45, 2.75) is 24.5 Å². The third-order valence-electron chi connectivity index (χ3n) is 6.71. The predicted octanol–water partition coefficient (Wildman–Crippen LogP) is 3.37. The zero-order valence-corrected chi connectivity index (χ0v) is 21.9. The Kier molecular flexibility index (Phi) is 7.97. The molecule has 0 bridgehead atoms. The van der Waals surface area contributed by atoms with Gasteiger partial charge in [0.1, 0.15) is 0 Å². The number of piperazine rings is 1. The van der Waals surface area contributed by atoms with Crippen molar-refractivity contribution in [3.8, 4) is 0 Å². The first-order chi connectivity index (χ1) is 18.5. The van der Waals surface area contributed by atoms with Gasteiger partial charge in [0.05, 0.1) is 11.2 Å². The zero-order chi connectivity index (χ0) is 26.4. The van der Waals surface area contributed by atoms with Crippen LogP contribution in [0.3, 0.4) is 0 Å². The molecule has 5 rings (SSSR count). The number of hydrogen-bond donors (Lipinski definition) is 1. The maximum atomic E-state index is 12.9. The van der Waals surface area contributed by atoms with Crippen molar-refractivity contribution in [3.63, 3.8) is 0 Å². The molecule has 2 heterocycles. The monoisotopic (exact) mass is 529 g/mol. The molecule has 1 aromatic heterocycles. The second-order valence-electron chi connectivity index (χ2n) is 9.43. The van der Waals surface area contributed by atoms with Crippen LogP contribution in [0.4, 0.5) is 0 Å². The van der Waals surface area contributed by atoms with Crippen LogP contribution in [0.25, 0.3) is 0 Å². The molecule has 0 spiro atoms. The lowest BCUT2D eigenvalue weighted by Gasteiger charge is -2.34. The summed E-state index contributed by atoms with van der Waals surface area (Å²) in [5, 5.41) is 3.01. The molecule has 4 aromatic rings. The quantitative estimate of drug-likeness (QED) is 0.359. The van der Waals surface area contributed by atoms with Gasteiger partial charge in [-0.1, -0.05) is 54.6 Å². The summed E-state index contributed by atoms with van der Waals surface area (Å²) < 4.78 is 29.3. The van der Waals surface area contributed by atoms with Crippen LogP contribution in [0.1, 0.15) is 27.0 Å². The minimum atomic E-state index is -3.47. The van der Waals surface area contributed by atoms with E-state index in [1.165, 1.54) is 5.56 Å². The topological polar surface area (TPSA) is 87.5 Å². The van der Waals surface area contributed by atoms with Crippen LogP contribution in [0.2, 0.25) is 0 Å². The van der Waals surface area contributed by atoms with Crippen LogP contribution in [-0.4, -0.2) is 59.3 Å². The number of nitrogens with zero attached hydrogens (tertiary/aromatic N) is 4. The van der Waals surface area contributed by atoms with Gasteiger partial charge in [0, 0.05) is 63.8 Å². The first kappa shape index (κ1) is 25.8. The van der Waals surface area contributed by atoms with Gasteiger partial charge in [-0.2, -0.15) is 4.31 Å². The Bertz CT molecular complexity index is 1450. The molecule has 0 saturated carbocycles. The molecule has 3 aromatic carbocycles. The molecule has 0 unspecified atom stereocenters. The molecular formula is C29H31N5O3S. The smallest absolute Gasteiger partial charge is 0.251 e. The lowest BCUT2D eigenvalue weighted by molar-refractivity contribution is 0.0950. The van der Waals surface area contributed by atoms with E-state index in [2.05, 4.69) is 27.3 Å². The van der Waals surface area contributed by atoms with Gasteiger partial charge in [0.25, 0.3) is 5.91 Å². The van der Waals surface area contributed by atoms with Gasteiger partial charge in [-0.25, -0.2) is 13.4 Å². The van der Waals surface area contributed by atoms with E-state index in [9.17, 15) is 13.2 Å². The van der Waals surface area contributed by atoms with E-state index in [1.54, 1.807) is 41.1 Å². The molecule has 8 nitrogen and oxygen atoms in total. The van der Waals surface area contributed by atoms with Crippen molar-refractivity contribution < 1.29 is 13.2 Å². The summed E-state index contributed by atoms with van der Waals surface area (Å²) >= 11 is 0. The predicted molar refractivity (Wildman–Crippen MR) is 146 cm³/mol. The molecule has 1 fully saturated rings. The van der Waals surface area contributed by atoms with Crippen LogP contribution in [0.15, 0.2) is 102 Å². The molecule has 1 aliphatic rings. The van der Waals surface area contributed by atoms with E-state index in [1.807, 2.05) is 53.2 Å². The number of benzene rings is 3.